The normalized spacial score (nSPS) is 15.0. The molecule has 0 saturated carbocycles. The van der Waals surface area contributed by atoms with Gasteiger partial charge in [-0.25, -0.2) is 0 Å². The fourth-order valence-corrected chi connectivity index (χ4v) is 3.43. The van der Waals surface area contributed by atoms with Crippen LogP contribution in [-0.2, 0) is 11.3 Å². The number of fused-ring (bicyclic) bond motifs is 1. The Morgan fingerprint density at radius 2 is 2.07 bits per heavy atom. The maximum absolute atomic E-state index is 12.3. The number of hydrogen-bond donors (Lipinski definition) is 4. The molecule has 4 rings (SSSR count). The summed E-state index contributed by atoms with van der Waals surface area (Å²) in [5.41, 5.74) is 8.56. The van der Waals surface area contributed by atoms with E-state index >= 15 is 0 Å². The quantitative estimate of drug-likeness (QED) is 0.484. The maximum atomic E-state index is 12.3. The third-order valence-electron chi connectivity index (χ3n) is 5.05. The third kappa shape index (κ3) is 4.75. The van der Waals surface area contributed by atoms with E-state index in [1.54, 1.807) is 6.08 Å². The van der Waals surface area contributed by atoms with Gasteiger partial charge in [-0.05, 0) is 55.8 Å². The van der Waals surface area contributed by atoms with Gasteiger partial charge in [0.1, 0.15) is 11.9 Å². The third-order valence-corrected chi connectivity index (χ3v) is 5.05. The number of carbonyl (C=O) groups excluding carboxylic acids is 1. The van der Waals surface area contributed by atoms with Crippen LogP contribution >= 0.6 is 0 Å². The molecule has 5 N–H and O–H groups in total. The first-order valence-corrected chi connectivity index (χ1v) is 9.84. The molecule has 29 heavy (non-hydrogen) atoms. The number of aromatic amines is 1. The van der Waals surface area contributed by atoms with Gasteiger partial charge in [0.25, 0.3) is 0 Å². The van der Waals surface area contributed by atoms with Gasteiger partial charge in [-0.15, -0.1) is 0 Å². The van der Waals surface area contributed by atoms with Crippen molar-refractivity contribution in [1.29, 1.82) is 0 Å². The minimum atomic E-state index is -0.165. The van der Waals surface area contributed by atoms with Crippen molar-refractivity contribution in [3.8, 4) is 5.75 Å². The zero-order valence-corrected chi connectivity index (χ0v) is 16.2. The Kier molecular flexibility index (Phi) is 5.76. The van der Waals surface area contributed by atoms with Crippen LogP contribution in [0.5, 0.6) is 5.75 Å². The summed E-state index contributed by atoms with van der Waals surface area (Å²) in [6.45, 7) is 2.37. The first-order chi connectivity index (χ1) is 14.2. The van der Waals surface area contributed by atoms with E-state index in [0.29, 0.717) is 12.4 Å². The minimum absolute atomic E-state index is 0.165. The maximum Gasteiger partial charge on any atom is 0.244 e. The largest absolute Gasteiger partial charge is 0.490 e. The molecular formula is C22H25N5O2. The summed E-state index contributed by atoms with van der Waals surface area (Å²) < 4.78 is 6.16. The zero-order chi connectivity index (χ0) is 20.1. The Morgan fingerprint density at radius 3 is 2.93 bits per heavy atom. The number of nitrogens with two attached hydrogens (primary N) is 1. The summed E-state index contributed by atoms with van der Waals surface area (Å²) in [7, 11) is 0. The second-order valence-electron chi connectivity index (χ2n) is 7.14. The molecule has 0 radical (unpaired) electrons. The summed E-state index contributed by atoms with van der Waals surface area (Å²) in [5, 5.41) is 13.9. The van der Waals surface area contributed by atoms with Crippen LogP contribution in [-0.4, -0.2) is 35.3 Å². The molecule has 1 aromatic heterocycles. The smallest absolute Gasteiger partial charge is 0.244 e. The van der Waals surface area contributed by atoms with Gasteiger partial charge >= 0.3 is 0 Å². The summed E-state index contributed by atoms with van der Waals surface area (Å²) in [6, 6.07) is 13.6. The molecule has 0 atom stereocenters. The standard InChI is InChI=1S/C22H25N5O2/c23-22-18-13-15(5-7-19(18)26-27-22)6-8-21(28)25-14-16-3-1-2-4-20(16)29-17-9-11-24-12-10-17/h1-8,13,17,24H,9-12,14H2,(H,25,28)(H3,23,26,27)/b8-6+. The average molecular weight is 391 g/mol. The van der Waals surface area contributed by atoms with Crippen LogP contribution in [0, 0.1) is 0 Å². The molecule has 2 aromatic carbocycles. The highest BCUT2D eigenvalue weighted by atomic mass is 16.5. The van der Waals surface area contributed by atoms with Crippen molar-refractivity contribution in [2.75, 3.05) is 18.8 Å². The van der Waals surface area contributed by atoms with Gasteiger partial charge in [0, 0.05) is 23.6 Å². The fourth-order valence-electron chi connectivity index (χ4n) is 3.43. The van der Waals surface area contributed by atoms with E-state index in [0.717, 1.165) is 53.7 Å². The van der Waals surface area contributed by atoms with Crippen molar-refractivity contribution >= 4 is 28.7 Å². The van der Waals surface area contributed by atoms with Gasteiger partial charge in [0.15, 0.2) is 5.82 Å². The Hall–Kier alpha value is -3.32. The van der Waals surface area contributed by atoms with Crippen LogP contribution in [0.25, 0.3) is 17.0 Å². The van der Waals surface area contributed by atoms with E-state index in [-0.39, 0.29) is 12.0 Å². The van der Waals surface area contributed by atoms with Crippen LogP contribution < -0.4 is 21.1 Å². The van der Waals surface area contributed by atoms with E-state index in [1.165, 1.54) is 6.08 Å². The van der Waals surface area contributed by atoms with Crippen molar-refractivity contribution < 1.29 is 9.53 Å². The number of hydrogen-bond acceptors (Lipinski definition) is 5. The van der Waals surface area contributed by atoms with Gasteiger partial charge < -0.3 is 21.1 Å². The molecule has 0 unspecified atom stereocenters. The van der Waals surface area contributed by atoms with Crippen LogP contribution in [0.15, 0.2) is 48.5 Å². The Balaban J connectivity index is 1.36. The summed E-state index contributed by atoms with van der Waals surface area (Å²) in [5.74, 6) is 1.12. The highest BCUT2D eigenvalue weighted by Gasteiger charge is 2.16. The monoisotopic (exact) mass is 391 g/mol. The summed E-state index contributed by atoms with van der Waals surface area (Å²) in [4.78, 5) is 12.3. The van der Waals surface area contributed by atoms with Gasteiger partial charge in [0.05, 0.1) is 5.52 Å². The highest BCUT2D eigenvalue weighted by molar-refractivity contribution is 5.94. The average Bonchev–Trinajstić information content (AvgIpc) is 3.12. The molecule has 150 valence electrons. The molecule has 7 nitrogen and oxygen atoms in total. The number of H-pyrrole nitrogens is 1. The van der Waals surface area contributed by atoms with E-state index in [4.69, 9.17) is 10.5 Å². The molecule has 1 amide bonds. The van der Waals surface area contributed by atoms with Crippen molar-refractivity contribution in [2.45, 2.75) is 25.5 Å². The summed E-state index contributed by atoms with van der Waals surface area (Å²) in [6.07, 6.45) is 5.49. The predicted molar refractivity (Wildman–Crippen MR) is 114 cm³/mol. The van der Waals surface area contributed by atoms with E-state index in [1.807, 2.05) is 42.5 Å². The Bertz CT molecular complexity index is 1020. The van der Waals surface area contributed by atoms with E-state index < -0.39 is 0 Å². The molecule has 1 saturated heterocycles. The topological polar surface area (TPSA) is 105 Å². The van der Waals surface area contributed by atoms with Gasteiger partial charge in [0.2, 0.25) is 5.91 Å². The van der Waals surface area contributed by atoms with Gasteiger partial charge in [-0.3, -0.25) is 9.89 Å². The Labute approximate surface area is 169 Å². The second-order valence-corrected chi connectivity index (χ2v) is 7.14. The molecule has 1 fully saturated rings. The van der Waals surface area contributed by atoms with Crippen molar-refractivity contribution in [2.24, 2.45) is 0 Å². The summed E-state index contributed by atoms with van der Waals surface area (Å²) >= 11 is 0. The zero-order valence-electron chi connectivity index (χ0n) is 16.2. The SMILES string of the molecule is Nc1n[nH]c2ccc(/C=C/C(=O)NCc3ccccc3OC3CCNCC3)cc12. The molecule has 2 heterocycles. The van der Waals surface area contributed by atoms with E-state index in [9.17, 15) is 4.79 Å². The number of amides is 1. The molecular weight excluding hydrogens is 366 g/mol. The van der Waals surface area contributed by atoms with Crippen LogP contribution in [0.1, 0.15) is 24.0 Å². The molecule has 0 bridgehead atoms. The number of benzene rings is 2. The number of anilines is 1. The predicted octanol–water partition coefficient (Wildman–Crippen LogP) is 2.61. The lowest BCUT2D eigenvalue weighted by Crippen LogP contribution is -2.34. The van der Waals surface area contributed by atoms with Crippen LogP contribution in [0.4, 0.5) is 5.82 Å². The van der Waals surface area contributed by atoms with Gasteiger partial charge in [-0.2, -0.15) is 5.10 Å². The first kappa shape index (κ1) is 19.0. The minimum Gasteiger partial charge on any atom is -0.490 e. The molecule has 1 aliphatic heterocycles. The number of rotatable bonds is 6. The molecule has 0 spiro atoms. The number of piperidine rings is 1. The van der Waals surface area contributed by atoms with Gasteiger partial charge in [-0.1, -0.05) is 24.3 Å². The van der Waals surface area contributed by atoms with Crippen LogP contribution in [0.2, 0.25) is 0 Å². The number of nitrogens with zero attached hydrogens (tertiary/aromatic N) is 1. The lowest BCUT2D eigenvalue weighted by molar-refractivity contribution is -0.116. The molecule has 7 heteroatoms. The second kappa shape index (κ2) is 8.79. The number of nitrogen functional groups attached to an aromatic ring is 1. The van der Waals surface area contributed by atoms with E-state index in [2.05, 4.69) is 20.8 Å². The molecule has 1 aliphatic rings. The molecule has 3 aromatic rings. The lowest BCUT2D eigenvalue weighted by atomic mass is 10.1. The fraction of sp³-hybridized carbons (Fsp3) is 0.273. The van der Waals surface area contributed by atoms with Crippen molar-refractivity contribution in [1.82, 2.24) is 20.8 Å². The van der Waals surface area contributed by atoms with Crippen molar-refractivity contribution in [3.63, 3.8) is 0 Å². The number of para-hydroxylation sites is 1. The number of aromatic nitrogens is 2. The van der Waals surface area contributed by atoms with Crippen LogP contribution in [0.3, 0.4) is 0 Å². The Morgan fingerprint density at radius 1 is 1.24 bits per heavy atom. The first-order valence-electron chi connectivity index (χ1n) is 9.84. The molecule has 0 aliphatic carbocycles. The van der Waals surface area contributed by atoms with Crippen molar-refractivity contribution in [3.05, 3.63) is 59.7 Å². The lowest BCUT2D eigenvalue weighted by Gasteiger charge is -2.25. The number of carbonyl (C=O) groups is 1. The highest BCUT2D eigenvalue weighted by Crippen LogP contribution is 2.22. The number of ether oxygens (including phenoxy) is 1. The number of nitrogens with one attached hydrogen (secondary N) is 3.